The van der Waals surface area contributed by atoms with Crippen LogP contribution in [0.5, 0.6) is 0 Å². The summed E-state index contributed by atoms with van der Waals surface area (Å²) in [5.41, 5.74) is 4.89. The highest BCUT2D eigenvalue weighted by Crippen LogP contribution is 2.30. The lowest BCUT2D eigenvalue weighted by Crippen LogP contribution is -2.32. The average molecular weight is 196 g/mol. The molecule has 1 aromatic heterocycles. The van der Waals surface area contributed by atoms with E-state index in [2.05, 4.69) is 4.98 Å². The third-order valence-corrected chi connectivity index (χ3v) is 2.47. The monoisotopic (exact) mass is 196 g/mol. The van der Waals surface area contributed by atoms with Crippen LogP contribution in [0.15, 0.2) is 18.3 Å². The molecule has 0 aliphatic rings. The summed E-state index contributed by atoms with van der Waals surface area (Å²) in [7, 11) is 0. The zero-order valence-corrected chi connectivity index (χ0v) is 8.44. The van der Waals surface area contributed by atoms with Crippen molar-refractivity contribution in [2.75, 3.05) is 5.73 Å². The normalized spacial score (nSPS) is 17.4. The van der Waals surface area contributed by atoms with Crippen LogP contribution in [-0.2, 0) is 0 Å². The second kappa shape index (κ2) is 3.94. The molecular weight excluding hydrogens is 180 g/mol. The van der Waals surface area contributed by atoms with Gasteiger partial charge in [0.1, 0.15) is 11.9 Å². The zero-order chi connectivity index (χ0) is 10.8. The number of aliphatic hydroxyl groups is 2. The zero-order valence-electron chi connectivity index (χ0n) is 8.44. The van der Waals surface area contributed by atoms with Gasteiger partial charge in [0.05, 0.1) is 5.60 Å². The van der Waals surface area contributed by atoms with Crippen molar-refractivity contribution < 1.29 is 10.2 Å². The van der Waals surface area contributed by atoms with Crippen molar-refractivity contribution in [3.63, 3.8) is 0 Å². The lowest BCUT2D eigenvalue weighted by Gasteiger charge is -2.28. The van der Waals surface area contributed by atoms with Crippen molar-refractivity contribution in [2.45, 2.75) is 32.0 Å². The Morgan fingerprint density at radius 1 is 1.64 bits per heavy atom. The summed E-state index contributed by atoms with van der Waals surface area (Å²) in [6.07, 6.45) is 0.996. The first-order valence-electron chi connectivity index (χ1n) is 4.60. The summed E-state index contributed by atoms with van der Waals surface area (Å²) in [6.45, 7) is 3.37. The Kier molecular flexibility index (Phi) is 3.08. The Morgan fingerprint density at radius 3 is 2.79 bits per heavy atom. The molecule has 0 aliphatic carbocycles. The van der Waals surface area contributed by atoms with E-state index in [1.165, 1.54) is 0 Å². The molecule has 0 aromatic carbocycles. The fourth-order valence-corrected chi connectivity index (χ4v) is 1.19. The van der Waals surface area contributed by atoms with Crippen LogP contribution in [-0.4, -0.2) is 20.8 Å². The third-order valence-electron chi connectivity index (χ3n) is 2.47. The number of aliphatic hydroxyl groups excluding tert-OH is 1. The summed E-state index contributed by atoms with van der Waals surface area (Å²) >= 11 is 0. The number of nitrogens with two attached hydrogens (primary N) is 1. The number of pyridine rings is 1. The van der Waals surface area contributed by atoms with Crippen molar-refractivity contribution in [2.24, 2.45) is 0 Å². The van der Waals surface area contributed by atoms with Gasteiger partial charge in [0.15, 0.2) is 0 Å². The smallest absolute Gasteiger partial charge is 0.129 e. The first-order valence-corrected chi connectivity index (χ1v) is 4.60. The Hall–Kier alpha value is -1.13. The topological polar surface area (TPSA) is 79.4 Å². The number of hydrogen-bond donors (Lipinski definition) is 3. The summed E-state index contributed by atoms with van der Waals surface area (Å²) in [6, 6.07) is 3.35. The molecule has 1 aromatic rings. The van der Waals surface area contributed by atoms with Gasteiger partial charge in [-0.05, 0) is 19.4 Å². The predicted octanol–water partition coefficient (Wildman–Crippen LogP) is 0.858. The average Bonchev–Trinajstić information content (AvgIpc) is 2.17. The molecule has 0 bridgehead atoms. The van der Waals surface area contributed by atoms with E-state index in [9.17, 15) is 10.2 Å². The van der Waals surface area contributed by atoms with E-state index in [1.54, 1.807) is 32.2 Å². The molecule has 4 nitrogen and oxygen atoms in total. The molecule has 0 fully saturated rings. The largest absolute Gasteiger partial charge is 0.387 e. The fraction of sp³-hybridized carbons (Fsp3) is 0.500. The van der Waals surface area contributed by atoms with Crippen molar-refractivity contribution in [1.29, 1.82) is 0 Å². The molecule has 1 heterocycles. The van der Waals surface area contributed by atoms with E-state index in [4.69, 9.17) is 5.73 Å². The maximum Gasteiger partial charge on any atom is 0.129 e. The molecule has 0 saturated carbocycles. The lowest BCUT2D eigenvalue weighted by molar-refractivity contribution is -0.0656. The predicted molar refractivity (Wildman–Crippen MR) is 54.5 cm³/mol. The Morgan fingerprint density at radius 2 is 2.29 bits per heavy atom. The standard InChI is InChI=1S/C10H16N2O2/c1-3-10(2,14)8(13)7-5-4-6-12-9(7)11/h4-6,8,13-14H,3H2,1-2H3,(H2,11,12). The van der Waals surface area contributed by atoms with E-state index >= 15 is 0 Å². The summed E-state index contributed by atoms with van der Waals surface area (Å²) in [4.78, 5) is 3.85. The molecule has 0 radical (unpaired) electrons. The summed E-state index contributed by atoms with van der Waals surface area (Å²) in [5.74, 6) is 0.258. The molecule has 0 aliphatic heterocycles. The highest BCUT2D eigenvalue weighted by molar-refractivity contribution is 5.41. The number of hydrogen-bond acceptors (Lipinski definition) is 4. The molecule has 4 N–H and O–H groups in total. The van der Waals surface area contributed by atoms with Crippen LogP contribution in [0.4, 0.5) is 5.82 Å². The van der Waals surface area contributed by atoms with Crippen LogP contribution in [0.3, 0.4) is 0 Å². The van der Waals surface area contributed by atoms with Gasteiger partial charge in [-0.2, -0.15) is 0 Å². The van der Waals surface area contributed by atoms with Crippen LogP contribution in [0, 0.1) is 0 Å². The summed E-state index contributed by atoms with van der Waals surface area (Å²) < 4.78 is 0. The number of anilines is 1. The SMILES string of the molecule is CCC(C)(O)C(O)c1cccnc1N. The number of rotatable bonds is 3. The number of aromatic nitrogens is 1. The van der Waals surface area contributed by atoms with Crippen LogP contribution in [0.25, 0.3) is 0 Å². The van der Waals surface area contributed by atoms with E-state index in [-0.39, 0.29) is 5.82 Å². The fourth-order valence-electron chi connectivity index (χ4n) is 1.19. The van der Waals surface area contributed by atoms with Gasteiger partial charge in [0, 0.05) is 11.8 Å². The van der Waals surface area contributed by atoms with Gasteiger partial charge in [0.2, 0.25) is 0 Å². The maximum atomic E-state index is 9.86. The van der Waals surface area contributed by atoms with Gasteiger partial charge in [-0.1, -0.05) is 13.0 Å². The molecule has 2 atom stereocenters. The van der Waals surface area contributed by atoms with Gasteiger partial charge < -0.3 is 15.9 Å². The Labute approximate surface area is 83.4 Å². The molecule has 4 heteroatoms. The van der Waals surface area contributed by atoms with Gasteiger partial charge in [-0.3, -0.25) is 0 Å². The van der Waals surface area contributed by atoms with Crippen LogP contribution in [0.1, 0.15) is 31.9 Å². The minimum atomic E-state index is -1.17. The molecule has 2 unspecified atom stereocenters. The second-order valence-corrected chi connectivity index (χ2v) is 3.59. The van der Waals surface area contributed by atoms with Gasteiger partial charge >= 0.3 is 0 Å². The first kappa shape index (κ1) is 10.9. The van der Waals surface area contributed by atoms with Crippen molar-refractivity contribution >= 4 is 5.82 Å². The first-order chi connectivity index (χ1) is 6.49. The molecule has 14 heavy (non-hydrogen) atoms. The van der Waals surface area contributed by atoms with Gasteiger partial charge in [-0.25, -0.2) is 4.98 Å². The minimum absolute atomic E-state index is 0.258. The van der Waals surface area contributed by atoms with E-state index in [0.29, 0.717) is 12.0 Å². The minimum Gasteiger partial charge on any atom is -0.387 e. The van der Waals surface area contributed by atoms with Crippen molar-refractivity contribution in [1.82, 2.24) is 4.98 Å². The molecule has 0 spiro atoms. The number of nitrogen functional groups attached to an aromatic ring is 1. The van der Waals surface area contributed by atoms with Crippen LogP contribution in [0.2, 0.25) is 0 Å². The lowest BCUT2D eigenvalue weighted by atomic mass is 9.91. The number of nitrogens with zero attached hydrogens (tertiary/aromatic N) is 1. The molecule has 78 valence electrons. The van der Waals surface area contributed by atoms with E-state index in [1.807, 2.05) is 0 Å². The third kappa shape index (κ3) is 2.02. The molecule has 0 amide bonds. The Balaban J connectivity index is 3.00. The van der Waals surface area contributed by atoms with Crippen LogP contribution < -0.4 is 5.73 Å². The van der Waals surface area contributed by atoms with Crippen molar-refractivity contribution in [3.05, 3.63) is 23.9 Å². The van der Waals surface area contributed by atoms with Crippen LogP contribution >= 0.6 is 0 Å². The quantitative estimate of drug-likeness (QED) is 0.669. The second-order valence-electron chi connectivity index (χ2n) is 3.59. The molecule has 1 rings (SSSR count). The van der Waals surface area contributed by atoms with Crippen molar-refractivity contribution in [3.8, 4) is 0 Å². The molecule has 0 saturated heterocycles. The maximum absolute atomic E-state index is 9.86. The Bertz CT molecular complexity index is 313. The highest BCUT2D eigenvalue weighted by atomic mass is 16.3. The van der Waals surface area contributed by atoms with Gasteiger partial charge in [-0.15, -0.1) is 0 Å². The highest BCUT2D eigenvalue weighted by Gasteiger charge is 2.30. The van der Waals surface area contributed by atoms with Gasteiger partial charge in [0.25, 0.3) is 0 Å². The summed E-state index contributed by atoms with van der Waals surface area (Å²) in [5, 5.41) is 19.7. The van der Waals surface area contributed by atoms with E-state index < -0.39 is 11.7 Å². The molecular formula is C10H16N2O2. The van der Waals surface area contributed by atoms with E-state index in [0.717, 1.165) is 0 Å².